The van der Waals surface area contributed by atoms with E-state index in [1.807, 2.05) is 45.3 Å². The summed E-state index contributed by atoms with van der Waals surface area (Å²) in [7, 11) is 0. The van der Waals surface area contributed by atoms with Crippen LogP contribution in [0.15, 0.2) is 491 Å². The van der Waals surface area contributed by atoms with Gasteiger partial charge in [0.15, 0.2) is 0 Å². The Labute approximate surface area is 857 Å². The van der Waals surface area contributed by atoms with Gasteiger partial charge in [-0.15, -0.1) is 45.3 Å². The average molecular weight is 1940 g/mol. The summed E-state index contributed by atoms with van der Waals surface area (Å²) in [6.45, 7) is 0. The molecule has 0 bridgehead atoms. The third kappa shape index (κ3) is 12.8. The largest absolute Gasteiger partial charge is 0.309 e. The van der Waals surface area contributed by atoms with Crippen molar-refractivity contribution in [3.05, 3.63) is 491 Å². The molecular weight excluding hydrogens is 1860 g/mol. The van der Waals surface area contributed by atoms with E-state index in [0.717, 1.165) is 44.0 Å². The summed E-state index contributed by atoms with van der Waals surface area (Å²) in [5.41, 5.74) is 27.3. The first-order chi connectivity index (χ1) is 73.0. The molecule has 33 aromatic rings. The highest BCUT2D eigenvalue weighted by Crippen LogP contribution is 2.55. The minimum absolute atomic E-state index is 0.660. The number of para-hydroxylation sites is 8. The van der Waals surface area contributed by atoms with E-state index in [4.69, 9.17) is 9.97 Å². The maximum absolute atomic E-state index is 5.42. The molecule has 0 N–H and O–H groups in total. The molecule has 0 fully saturated rings. The number of thiophene rings is 4. The van der Waals surface area contributed by atoms with Crippen LogP contribution in [-0.4, -0.2) is 32.8 Å². The predicted octanol–water partition coefficient (Wildman–Crippen LogP) is 38.9. The number of hydrogen-bond acceptors (Lipinski definition) is 6. The molecule has 0 spiro atoms. The van der Waals surface area contributed by atoms with Crippen LogP contribution in [0.2, 0.25) is 0 Å². The van der Waals surface area contributed by atoms with E-state index in [2.05, 4.69) is 514 Å². The van der Waals surface area contributed by atoms with Gasteiger partial charge in [-0.1, -0.05) is 334 Å². The number of benzene rings is 23. The molecule has 0 atom stereocenters. The number of hydrogen-bond donors (Lipinski definition) is 0. The summed E-state index contributed by atoms with van der Waals surface area (Å²) in [4.78, 5) is 10.8. The summed E-state index contributed by atoms with van der Waals surface area (Å²) in [5.74, 6) is 0.660. The lowest BCUT2D eigenvalue weighted by Crippen LogP contribution is -2.03. The maximum Gasteiger partial charge on any atom is 0.235 e. The Bertz CT molecular complexity index is 11300. The van der Waals surface area contributed by atoms with Gasteiger partial charge in [0.1, 0.15) is 0 Å². The van der Waals surface area contributed by atoms with E-state index in [1.54, 1.807) is 0 Å². The molecule has 10 heterocycles. The first-order valence-corrected chi connectivity index (χ1v) is 53.2. The van der Waals surface area contributed by atoms with Gasteiger partial charge in [0.2, 0.25) is 5.95 Å². The molecule has 147 heavy (non-hydrogen) atoms. The van der Waals surface area contributed by atoms with Crippen molar-refractivity contribution in [2.75, 3.05) is 0 Å². The zero-order valence-electron chi connectivity index (χ0n) is 79.0. The molecule has 0 aliphatic carbocycles. The zero-order chi connectivity index (χ0) is 96.2. The fourth-order valence-electron chi connectivity index (χ4n) is 24.0. The molecule has 11 heteroatoms. The molecule has 0 aliphatic heterocycles. The van der Waals surface area contributed by atoms with E-state index < -0.39 is 0 Å². The monoisotopic (exact) mass is 1940 g/mol. The van der Waals surface area contributed by atoms with Crippen LogP contribution in [0.5, 0.6) is 0 Å². The summed E-state index contributed by atoms with van der Waals surface area (Å²) in [5, 5.41) is 28.9. The molecule has 0 radical (unpaired) electrons. The van der Waals surface area contributed by atoms with Crippen LogP contribution in [0, 0.1) is 0 Å². The van der Waals surface area contributed by atoms with Crippen molar-refractivity contribution in [3.63, 3.8) is 0 Å². The van der Waals surface area contributed by atoms with Crippen molar-refractivity contribution in [2.24, 2.45) is 0 Å². The first kappa shape index (κ1) is 83.4. The van der Waals surface area contributed by atoms with Crippen LogP contribution in [-0.2, 0) is 0 Å². The zero-order valence-corrected chi connectivity index (χ0v) is 82.3. The Morgan fingerprint density at radius 1 is 0.163 bits per heavy atom. The highest BCUT2D eigenvalue weighted by Gasteiger charge is 2.30. The Balaban J connectivity index is 0.000000102. The first-order valence-electron chi connectivity index (χ1n) is 50.0. The Kier molecular flexibility index (Phi) is 18.8. The Hall–Kier alpha value is -18.2. The molecule has 0 aliphatic rings. The van der Waals surface area contributed by atoms with Gasteiger partial charge < -0.3 is 18.3 Å². The third-order valence-electron chi connectivity index (χ3n) is 30.4. The quantitative estimate of drug-likeness (QED) is 0.135. The van der Waals surface area contributed by atoms with E-state index in [-0.39, 0.29) is 0 Å². The van der Waals surface area contributed by atoms with Gasteiger partial charge in [0.25, 0.3) is 0 Å². The highest BCUT2D eigenvalue weighted by molar-refractivity contribution is 7.28. The van der Waals surface area contributed by atoms with Gasteiger partial charge in [-0.2, -0.15) is 0 Å². The second kappa shape index (κ2) is 33.2. The van der Waals surface area contributed by atoms with E-state index in [9.17, 15) is 0 Å². The lowest BCUT2D eigenvalue weighted by Gasteiger charge is -2.13. The van der Waals surface area contributed by atoms with Crippen LogP contribution in [0.3, 0.4) is 0 Å². The van der Waals surface area contributed by atoms with Crippen molar-refractivity contribution in [2.45, 2.75) is 0 Å². The predicted molar refractivity (Wildman–Crippen MR) is 632 cm³/mol. The van der Waals surface area contributed by atoms with Gasteiger partial charge >= 0.3 is 0 Å². The van der Waals surface area contributed by atoms with Gasteiger partial charge in [-0.05, 0) is 202 Å². The van der Waals surface area contributed by atoms with Gasteiger partial charge in [-0.25, -0.2) is 9.97 Å². The average Bonchev–Trinajstić information content (AvgIpc) is 1.56. The Morgan fingerprint density at radius 3 is 0.966 bits per heavy atom. The van der Waals surface area contributed by atoms with Crippen molar-refractivity contribution >= 4 is 268 Å². The van der Waals surface area contributed by atoms with Crippen LogP contribution < -0.4 is 0 Å². The fraction of sp³-hybridized carbons (Fsp3) is 0. The molecule has 23 aromatic carbocycles. The van der Waals surface area contributed by atoms with E-state index >= 15 is 0 Å². The highest BCUT2D eigenvalue weighted by atomic mass is 32.1. The molecule has 33 rings (SSSR count). The van der Waals surface area contributed by atoms with Crippen molar-refractivity contribution in [3.8, 4) is 73.3 Å². The number of rotatable bonds is 9. The van der Waals surface area contributed by atoms with Crippen LogP contribution in [0.1, 0.15) is 0 Å². The molecule has 7 nitrogen and oxygen atoms in total. The van der Waals surface area contributed by atoms with Crippen LogP contribution >= 0.6 is 45.3 Å². The molecule has 0 saturated carbocycles. The minimum Gasteiger partial charge on any atom is -0.309 e. The lowest BCUT2D eigenvalue weighted by atomic mass is 9.95. The minimum atomic E-state index is 0.660. The molecule has 684 valence electrons. The second-order valence-electron chi connectivity index (χ2n) is 38.3. The lowest BCUT2D eigenvalue weighted by molar-refractivity contribution is 1.02. The van der Waals surface area contributed by atoms with E-state index in [0.29, 0.717) is 5.95 Å². The standard InChI is InChI=1S/C54H32N4S.C46H28N2S.C36H21NS2/c1-3-16-34(17-4-1)50-41-29-27-33-15-7-8-20-37(33)51(41)56-54(55-50)58-46-25-13-9-21-38(46)43-31-35(28-30-47(43)58)42-32-44-39-22-10-12-24-45(39)57(36-18-5-2-6-19-36)52(44)53-49(42)40-23-11-14-26-48(40)59-53;1-3-14-31(15-4-1)47-40-21-11-9-19-34(40)38-27-30(24-26-41(38)47)37-28-39-35-25-23-29-13-7-8-18-33(29)44(35)48(32-16-5-2-6-17-32)45(39)46-43(37)36-20-10-12-22-42(36)49-46;1-2-10-23(11-3-1)37-30-15-7-4-12-24(30)29-21-27(34-26-14-6-9-17-32(26)39-36(34)35(29)37)22-18-19-33-28(20-22)25-13-5-8-16-31(25)38-33/h1-32H;1-28H;1-21H. The van der Waals surface area contributed by atoms with Gasteiger partial charge in [-0.3, -0.25) is 4.57 Å². The SMILES string of the molecule is c1ccc(-c2nc(-n3c4ccccc4c4cc(-c5cc6c7ccccc7n(-c7ccccc7)c6c6sc7ccccc7c56)ccc43)nc3c2ccc2ccccc23)cc1.c1ccc(-n2c3ccccc3c3cc(-c4cc5c6ccc7ccccc7c6n(-c6ccccc6)c5c5sc6ccccc6c45)ccc32)cc1.c1ccc(-n2c3ccccc3c3cc(-c4ccc5sc6ccccc6c5c4)c4c5ccccc5sc4c32)cc1. The van der Waals surface area contributed by atoms with Crippen molar-refractivity contribution < 1.29 is 0 Å². The van der Waals surface area contributed by atoms with Gasteiger partial charge in [0, 0.05) is 165 Å². The molecule has 0 saturated heterocycles. The number of nitrogens with zero attached hydrogens (tertiary/aromatic N) is 7. The smallest absolute Gasteiger partial charge is 0.235 e. The maximum atomic E-state index is 5.42. The summed E-state index contributed by atoms with van der Waals surface area (Å²) in [6, 6.07) is 179. The molecular formula is C136H81N7S4. The van der Waals surface area contributed by atoms with E-state index in [1.165, 1.54) is 246 Å². The third-order valence-corrected chi connectivity index (χ3v) is 35.0. The summed E-state index contributed by atoms with van der Waals surface area (Å²) >= 11 is 7.59. The topological polar surface area (TPSA) is 50.4 Å². The number of aromatic nitrogens is 7. The second-order valence-corrected chi connectivity index (χ2v) is 42.6. The van der Waals surface area contributed by atoms with Crippen molar-refractivity contribution in [1.82, 2.24) is 32.8 Å². The number of fused-ring (bicyclic) bond motifs is 35. The van der Waals surface area contributed by atoms with Gasteiger partial charge in [0.05, 0.1) is 80.5 Å². The summed E-state index contributed by atoms with van der Waals surface area (Å²) < 4.78 is 22.7. The van der Waals surface area contributed by atoms with Crippen LogP contribution in [0.4, 0.5) is 0 Å². The molecule has 0 amide bonds. The molecule has 0 unspecified atom stereocenters. The molecule has 10 aromatic heterocycles. The summed E-state index contributed by atoms with van der Waals surface area (Å²) in [6.07, 6.45) is 0. The van der Waals surface area contributed by atoms with Crippen LogP contribution in [0.25, 0.3) is 296 Å². The van der Waals surface area contributed by atoms with Crippen molar-refractivity contribution in [1.29, 1.82) is 0 Å². The normalized spacial score (nSPS) is 12.1. The Morgan fingerprint density at radius 2 is 0.483 bits per heavy atom. The fourth-order valence-corrected chi connectivity index (χ4v) is 28.9.